The van der Waals surface area contributed by atoms with E-state index in [-0.39, 0.29) is 5.91 Å². The lowest BCUT2D eigenvalue weighted by molar-refractivity contribution is -0.121. The number of hydrogen-bond donors (Lipinski definition) is 1. The third-order valence-corrected chi connectivity index (χ3v) is 6.48. The number of fused-ring (bicyclic) bond motifs is 1. The first-order chi connectivity index (χ1) is 15.6. The van der Waals surface area contributed by atoms with Crippen LogP contribution in [0.15, 0.2) is 70.6 Å². The zero-order valence-electron chi connectivity index (χ0n) is 18.0. The molecular formula is C25H23N5OS. The fraction of sp³-hybridized carbons (Fsp3) is 0.200. The van der Waals surface area contributed by atoms with E-state index in [1.54, 1.807) is 16.3 Å². The number of benzene rings is 2. The van der Waals surface area contributed by atoms with Gasteiger partial charge in [0.05, 0.1) is 6.20 Å². The van der Waals surface area contributed by atoms with Gasteiger partial charge < -0.3 is 5.32 Å². The molecule has 0 aliphatic rings. The van der Waals surface area contributed by atoms with E-state index < -0.39 is 0 Å². The van der Waals surface area contributed by atoms with Crippen molar-refractivity contribution in [1.29, 1.82) is 5.26 Å². The van der Waals surface area contributed by atoms with E-state index in [2.05, 4.69) is 39.7 Å². The highest BCUT2D eigenvalue weighted by atomic mass is 32.2. The molecule has 1 amide bonds. The number of nitrogens with zero attached hydrogens (tertiary/aromatic N) is 4. The summed E-state index contributed by atoms with van der Waals surface area (Å²) in [5.74, 6) is -0.0124. The van der Waals surface area contributed by atoms with Crippen molar-refractivity contribution in [3.05, 3.63) is 88.9 Å². The molecule has 32 heavy (non-hydrogen) atoms. The molecule has 0 aliphatic heterocycles. The van der Waals surface area contributed by atoms with E-state index in [1.807, 2.05) is 50.2 Å². The number of aryl methyl sites for hydroxylation is 2. The lowest BCUT2D eigenvalue weighted by atomic mass is 10.1. The predicted molar refractivity (Wildman–Crippen MR) is 124 cm³/mol. The Hall–Kier alpha value is -3.63. The van der Waals surface area contributed by atoms with Crippen LogP contribution < -0.4 is 5.32 Å². The summed E-state index contributed by atoms with van der Waals surface area (Å²) in [6.07, 6.45) is 2.44. The van der Waals surface area contributed by atoms with Crippen LogP contribution in [0.4, 0.5) is 0 Å². The van der Waals surface area contributed by atoms with Gasteiger partial charge in [0.1, 0.15) is 11.6 Å². The van der Waals surface area contributed by atoms with Crippen molar-refractivity contribution < 1.29 is 4.79 Å². The quantitative estimate of drug-likeness (QED) is 0.453. The van der Waals surface area contributed by atoms with Gasteiger partial charge >= 0.3 is 0 Å². The topological polar surface area (TPSA) is 83.1 Å². The molecule has 160 valence electrons. The summed E-state index contributed by atoms with van der Waals surface area (Å²) >= 11 is 1.69. The summed E-state index contributed by atoms with van der Waals surface area (Å²) in [6, 6.07) is 20.4. The Labute approximate surface area is 191 Å². The van der Waals surface area contributed by atoms with Gasteiger partial charge in [0.15, 0.2) is 5.65 Å². The molecular weight excluding hydrogens is 418 g/mol. The molecule has 2 aromatic heterocycles. The van der Waals surface area contributed by atoms with Crippen LogP contribution in [-0.4, -0.2) is 20.5 Å². The van der Waals surface area contributed by atoms with Gasteiger partial charge in [-0.25, -0.2) is 9.50 Å². The SMILES string of the molecule is Cc1nc2c(C#N)cnn2c(C)c1CCC(=O)NCc1ccccc1Sc1ccccc1. The molecule has 2 aromatic carbocycles. The smallest absolute Gasteiger partial charge is 0.220 e. The third kappa shape index (κ3) is 4.66. The van der Waals surface area contributed by atoms with Crippen LogP contribution >= 0.6 is 11.8 Å². The molecule has 7 heteroatoms. The van der Waals surface area contributed by atoms with E-state index in [0.717, 1.165) is 27.4 Å². The van der Waals surface area contributed by atoms with Crippen LogP contribution in [0, 0.1) is 25.2 Å². The maximum atomic E-state index is 12.6. The normalized spacial score (nSPS) is 10.8. The Morgan fingerprint density at radius 1 is 1.12 bits per heavy atom. The van der Waals surface area contributed by atoms with E-state index >= 15 is 0 Å². The van der Waals surface area contributed by atoms with Gasteiger partial charge in [-0.3, -0.25) is 4.79 Å². The molecule has 0 saturated carbocycles. The lowest BCUT2D eigenvalue weighted by Gasteiger charge is -2.12. The van der Waals surface area contributed by atoms with Gasteiger partial charge in [0.2, 0.25) is 5.91 Å². The van der Waals surface area contributed by atoms with Gasteiger partial charge in [-0.05, 0) is 49.6 Å². The maximum absolute atomic E-state index is 12.6. The minimum Gasteiger partial charge on any atom is -0.352 e. The van der Waals surface area contributed by atoms with Crippen LogP contribution in [0.1, 0.15) is 34.5 Å². The Morgan fingerprint density at radius 3 is 2.66 bits per heavy atom. The summed E-state index contributed by atoms with van der Waals surface area (Å²) in [6.45, 7) is 4.33. The largest absolute Gasteiger partial charge is 0.352 e. The number of carbonyl (C=O) groups is 1. The van der Waals surface area contributed by atoms with Crippen molar-refractivity contribution in [3.63, 3.8) is 0 Å². The Bertz CT molecular complexity index is 1310. The van der Waals surface area contributed by atoms with Gasteiger partial charge in [-0.15, -0.1) is 0 Å². The molecule has 0 fully saturated rings. The summed E-state index contributed by atoms with van der Waals surface area (Å²) < 4.78 is 1.68. The number of amides is 1. The summed E-state index contributed by atoms with van der Waals surface area (Å²) in [5, 5.41) is 16.5. The van der Waals surface area contributed by atoms with Crippen molar-refractivity contribution in [1.82, 2.24) is 19.9 Å². The monoisotopic (exact) mass is 441 g/mol. The first-order valence-electron chi connectivity index (χ1n) is 10.4. The van der Waals surface area contributed by atoms with Gasteiger partial charge in [-0.2, -0.15) is 10.4 Å². The highest BCUT2D eigenvalue weighted by molar-refractivity contribution is 7.99. The fourth-order valence-electron chi connectivity index (χ4n) is 3.64. The van der Waals surface area contributed by atoms with Gasteiger partial charge in [-0.1, -0.05) is 48.2 Å². The highest BCUT2D eigenvalue weighted by Gasteiger charge is 2.15. The molecule has 0 radical (unpaired) electrons. The molecule has 2 heterocycles. The minimum absolute atomic E-state index is 0.0124. The Balaban J connectivity index is 1.40. The molecule has 0 saturated heterocycles. The standard InChI is InChI=1S/C25H23N5OS/c1-17-22(18(2)30-25(29-17)20(14-26)16-28-30)12-13-24(31)27-15-19-8-6-7-11-23(19)32-21-9-4-3-5-10-21/h3-11,16H,12-13,15H2,1-2H3,(H,27,31). The second kappa shape index (κ2) is 9.67. The molecule has 1 N–H and O–H groups in total. The van der Waals surface area contributed by atoms with E-state index in [1.165, 1.54) is 11.1 Å². The molecule has 4 rings (SSSR count). The fourth-order valence-corrected chi connectivity index (χ4v) is 4.60. The zero-order valence-corrected chi connectivity index (χ0v) is 18.8. The van der Waals surface area contributed by atoms with Crippen molar-refractivity contribution in [2.45, 2.75) is 43.0 Å². The summed E-state index contributed by atoms with van der Waals surface area (Å²) in [7, 11) is 0. The van der Waals surface area contributed by atoms with Gasteiger partial charge in [0, 0.05) is 34.1 Å². The molecule has 0 bridgehead atoms. The maximum Gasteiger partial charge on any atom is 0.220 e. The van der Waals surface area contributed by atoms with E-state index in [0.29, 0.717) is 30.6 Å². The van der Waals surface area contributed by atoms with Crippen LogP contribution in [0.3, 0.4) is 0 Å². The van der Waals surface area contributed by atoms with E-state index in [9.17, 15) is 10.1 Å². The van der Waals surface area contributed by atoms with Crippen molar-refractivity contribution >= 4 is 23.3 Å². The Morgan fingerprint density at radius 2 is 1.88 bits per heavy atom. The highest BCUT2D eigenvalue weighted by Crippen LogP contribution is 2.30. The third-order valence-electron chi connectivity index (χ3n) is 5.35. The van der Waals surface area contributed by atoms with Crippen molar-refractivity contribution in [2.75, 3.05) is 0 Å². The number of hydrogen-bond acceptors (Lipinski definition) is 5. The van der Waals surface area contributed by atoms with E-state index in [4.69, 9.17) is 0 Å². The second-order valence-electron chi connectivity index (χ2n) is 7.47. The average molecular weight is 442 g/mol. The van der Waals surface area contributed by atoms with Crippen LogP contribution in [0.25, 0.3) is 5.65 Å². The molecule has 0 aliphatic carbocycles. The molecule has 0 spiro atoms. The van der Waals surface area contributed by atoms with Crippen molar-refractivity contribution in [3.8, 4) is 6.07 Å². The molecule has 4 aromatic rings. The average Bonchev–Trinajstić information content (AvgIpc) is 3.22. The first-order valence-corrected chi connectivity index (χ1v) is 11.2. The minimum atomic E-state index is -0.0124. The molecule has 0 atom stereocenters. The molecule has 6 nitrogen and oxygen atoms in total. The van der Waals surface area contributed by atoms with Crippen LogP contribution in [0.2, 0.25) is 0 Å². The summed E-state index contributed by atoms with van der Waals surface area (Å²) in [5.41, 5.74) is 4.82. The predicted octanol–water partition coefficient (Wildman–Crippen LogP) is 4.62. The Kier molecular flexibility index (Phi) is 6.52. The first kappa shape index (κ1) is 21.6. The van der Waals surface area contributed by atoms with Gasteiger partial charge in [0.25, 0.3) is 0 Å². The number of aromatic nitrogens is 3. The number of nitriles is 1. The zero-order chi connectivity index (χ0) is 22.5. The number of nitrogens with one attached hydrogen (secondary N) is 1. The van der Waals surface area contributed by atoms with Crippen molar-refractivity contribution in [2.24, 2.45) is 0 Å². The van der Waals surface area contributed by atoms with Crippen LogP contribution in [-0.2, 0) is 17.8 Å². The lowest BCUT2D eigenvalue weighted by Crippen LogP contribution is -2.23. The number of rotatable bonds is 7. The van der Waals surface area contributed by atoms with Crippen LogP contribution in [0.5, 0.6) is 0 Å². The second-order valence-corrected chi connectivity index (χ2v) is 8.58. The number of carbonyl (C=O) groups excluding carboxylic acids is 1. The molecule has 0 unspecified atom stereocenters. The summed E-state index contributed by atoms with van der Waals surface area (Å²) in [4.78, 5) is 19.4.